The molecule has 3 aromatic heterocycles. The number of hydrogen-bond donors (Lipinski definition) is 1. The van der Waals surface area contributed by atoms with Crippen LogP contribution < -0.4 is 10.1 Å². The zero-order chi connectivity index (χ0) is 20.1. The zero-order valence-corrected chi connectivity index (χ0v) is 17.0. The second kappa shape index (κ2) is 8.87. The quantitative estimate of drug-likeness (QED) is 0.448. The Bertz CT molecular complexity index is 1090. The Hall–Kier alpha value is -3.19. The first kappa shape index (κ1) is 19.1. The lowest BCUT2D eigenvalue weighted by Gasteiger charge is -2.09. The van der Waals surface area contributed by atoms with Gasteiger partial charge in [0.2, 0.25) is 0 Å². The number of rotatable bonds is 8. The Morgan fingerprint density at radius 2 is 2.07 bits per heavy atom. The topological polar surface area (TPSA) is 69.0 Å². The predicted molar refractivity (Wildman–Crippen MR) is 115 cm³/mol. The number of amides is 1. The minimum atomic E-state index is -0.115. The molecular weight excluding hydrogens is 384 g/mol. The van der Waals surface area contributed by atoms with Crippen molar-refractivity contribution in [3.05, 3.63) is 76.2 Å². The summed E-state index contributed by atoms with van der Waals surface area (Å²) < 4.78 is 7.51. The van der Waals surface area contributed by atoms with Gasteiger partial charge in [-0.25, -0.2) is 9.67 Å². The third kappa shape index (κ3) is 4.63. The number of nitrogens with one attached hydrogen (secondary N) is 1. The van der Waals surface area contributed by atoms with Crippen LogP contribution in [0.25, 0.3) is 11.0 Å². The van der Waals surface area contributed by atoms with E-state index in [1.807, 2.05) is 59.5 Å². The van der Waals surface area contributed by atoms with Crippen LogP contribution in [0.2, 0.25) is 0 Å². The first-order valence-corrected chi connectivity index (χ1v) is 10.4. The van der Waals surface area contributed by atoms with E-state index in [-0.39, 0.29) is 5.91 Å². The van der Waals surface area contributed by atoms with Gasteiger partial charge in [0.05, 0.1) is 30.3 Å². The fraction of sp³-hybridized carbons (Fsp3) is 0.227. The van der Waals surface area contributed by atoms with Crippen LogP contribution in [0, 0.1) is 6.92 Å². The highest BCUT2D eigenvalue weighted by atomic mass is 32.1. The summed E-state index contributed by atoms with van der Waals surface area (Å²) in [6.45, 7) is 3.63. The van der Waals surface area contributed by atoms with Crippen LogP contribution in [0.5, 0.6) is 5.75 Å². The summed E-state index contributed by atoms with van der Waals surface area (Å²) in [4.78, 5) is 18.6. The van der Waals surface area contributed by atoms with Crippen molar-refractivity contribution in [3.8, 4) is 5.75 Å². The number of thiophene rings is 1. The molecule has 0 unspecified atom stereocenters. The third-order valence-electron chi connectivity index (χ3n) is 4.49. The van der Waals surface area contributed by atoms with Gasteiger partial charge in [0.25, 0.3) is 5.91 Å². The molecule has 4 rings (SSSR count). The molecule has 1 N–H and O–H groups in total. The second-order valence-corrected chi connectivity index (χ2v) is 7.73. The van der Waals surface area contributed by atoms with E-state index in [1.54, 1.807) is 17.5 Å². The molecule has 29 heavy (non-hydrogen) atoms. The zero-order valence-electron chi connectivity index (χ0n) is 16.2. The Labute approximate surface area is 173 Å². The normalized spacial score (nSPS) is 10.9. The number of ether oxygens (including phenoxy) is 1. The van der Waals surface area contributed by atoms with E-state index in [4.69, 9.17) is 4.74 Å². The minimum absolute atomic E-state index is 0.115. The SMILES string of the molecule is Cc1cc(C(=O)NCCCOc2ccccc2)c2cnn(Cc3cccs3)c2n1. The van der Waals surface area contributed by atoms with E-state index < -0.39 is 0 Å². The molecule has 6 nitrogen and oxygen atoms in total. The van der Waals surface area contributed by atoms with Gasteiger partial charge >= 0.3 is 0 Å². The molecule has 0 radical (unpaired) electrons. The lowest BCUT2D eigenvalue weighted by atomic mass is 10.1. The summed E-state index contributed by atoms with van der Waals surface area (Å²) in [5, 5.41) is 10.2. The van der Waals surface area contributed by atoms with Crippen LogP contribution in [-0.4, -0.2) is 33.8 Å². The van der Waals surface area contributed by atoms with Gasteiger partial charge in [-0.2, -0.15) is 5.10 Å². The van der Waals surface area contributed by atoms with Gasteiger partial charge in [0.1, 0.15) is 5.75 Å². The molecule has 148 valence electrons. The predicted octanol–water partition coefficient (Wildman–Crippen LogP) is 4.05. The fourth-order valence-corrected chi connectivity index (χ4v) is 3.79. The Balaban J connectivity index is 1.40. The number of aryl methyl sites for hydroxylation is 1. The molecular formula is C22H22N4O2S. The minimum Gasteiger partial charge on any atom is -0.494 e. The lowest BCUT2D eigenvalue weighted by Crippen LogP contribution is -2.26. The Morgan fingerprint density at radius 3 is 2.86 bits per heavy atom. The molecule has 0 bridgehead atoms. The molecule has 0 atom stereocenters. The van der Waals surface area contributed by atoms with Gasteiger partial charge in [-0.1, -0.05) is 24.3 Å². The van der Waals surface area contributed by atoms with Crippen molar-refractivity contribution < 1.29 is 9.53 Å². The summed E-state index contributed by atoms with van der Waals surface area (Å²) in [6, 6.07) is 15.6. The number of nitrogens with zero attached hydrogens (tertiary/aromatic N) is 3. The molecule has 1 amide bonds. The number of carbonyl (C=O) groups is 1. The summed E-state index contributed by atoms with van der Waals surface area (Å²) in [6.07, 6.45) is 2.45. The molecule has 0 aliphatic rings. The second-order valence-electron chi connectivity index (χ2n) is 6.70. The van der Waals surface area contributed by atoms with Crippen molar-refractivity contribution in [3.63, 3.8) is 0 Å². The van der Waals surface area contributed by atoms with Crippen LogP contribution >= 0.6 is 11.3 Å². The van der Waals surface area contributed by atoms with Gasteiger partial charge in [-0.3, -0.25) is 4.79 Å². The van der Waals surface area contributed by atoms with Crippen LogP contribution in [-0.2, 0) is 6.54 Å². The van der Waals surface area contributed by atoms with E-state index in [0.29, 0.717) is 25.3 Å². The Kier molecular flexibility index (Phi) is 5.86. The monoisotopic (exact) mass is 406 g/mol. The van der Waals surface area contributed by atoms with E-state index >= 15 is 0 Å². The molecule has 3 heterocycles. The highest BCUT2D eigenvalue weighted by molar-refractivity contribution is 7.09. The molecule has 0 spiro atoms. The fourth-order valence-electron chi connectivity index (χ4n) is 3.10. The van der Waals surface area contributed by atoms with E-state index in [9.17, 15) is 4.79 Å². The highest BCUT2D eigenvalue weighted by Gasteiger charge is 2.16. The molecule has 0 aliphatic heterocycles. The number of aromatic nitrogens is 3. The molecule has 4 aromatic rings. The first-order valence-electron chi connectivity index (χ1n) is 9.52. The number of hydrogen-bond acceptors (Lipinski definition) is 5. The third-order valence-corrected chi connectivity index (χ3v) is 5.35. The number of carbonyl (C=O) groups excluding carboxylic acids is 1. The standard InChI is InChI=1S/C22H22N4O2S/c1-16-13-19(22(27)23-10-6-11-28-17-7-3-2-4-8-17)20-14-24-26(21(20)25-16)15-18-9-5-12-29-18/h2-5,7-9,12-14H,6,10-11,15H2,1H3,(H,23,27). The van der Waals surface area contributed by atoms with E-state index in [1.165, 1.54) is 4.88 Å². The van der Waals surface area contributed by atoms with Crippen molar-refractivity contribution in [1.29, 1.82) is 0 Å². The maximum atomic E-state index is 12.8. The van der Waals surface area contributed by atoms with Crippen LogP contribution in [0.15, 0.2) is 60.1 Å². The van der Waals surface area contributed by atoms with Crippen LogP contribution in [0.3, 0.4) is 0 Å². The number of benzene rings is 1. The van der Waals surface area contributed by atoms with Gasteiger partial charge in [0.15, 0.2) is 5.65 Å². The van der Waals surface area contributed by atoms with Crippen molar-refractivity contribution in [1.82, 2.24) is 20.1 Å². The molecule has 7 heteroatoms. The number of pyridine rings is 1. The van der Waals surface area contributed by atoms with Crippen molar-refractivity contribution >= 4 is 28.3 Å². The van der Waals surface area contributed by atoms with Crippen molar-refractivity contribution in [2.45, 2.75) is 19.9 Å². The number of fused-ring (bicyclic) bond motifs is 1. The van der Waals surface area contributed by atoms with Gasteiger partial charge < -0.3 is 10.1 Å². The Morgan fingerprint density at radius 1 is 1.21 bits per heavy atom. The molecule has 0 saturated carbocycles. The van der Waals surface area contributed by atoms with Gasteiger partial charge in [-0.05, 0) is 43.0 Å². The molecule has 0 fully saturated rings. The first-order chi connectivity index (χ1) is 14.2. The lowest BCUT2D eigenvalue weighted by molar-refractivity contribution is 0.0953. The maximum absolute atomic E-state index is 12.8. The van der Waals surface area contributed by atoms with E-state index in [2.05, 4.69) is 21.5 Å². The summed E-state index contributed by atoms with van der Waals surface area (Å²) in [7, 11) is 0. The molecule has 0 saturated heterocycles. The van der Waals surface area contributed by atoms with Crippen LogP contribution in [0.4, 0.5) is 0 Å². The highest BCUT2D eigenvalue weighted by Crippen LogP contribution is 2.20. The van der Waals surface area contributed by atoms with Crippen LogP contribution in [0.1, 0.15) is 27.3 Å². The summed E-state index contributed by atoms with van der Waals surface area (Å²) >= 11 is 1.68. The maximum Gasteiger partial charge on any atom is 0.252 e. The molecule has 0 aliphatic carbocycles. The van der Waals surface area contributed by atoms with E-state index in [0.717, 1.165) is 28.9 Å². The number of para-hydroxylation sites is 1. The van der Waals surface area contributed by atoms with Crippen molar-refractivity contribution in [2.75, 3.05) is 13.2 Å². The molecule has 1 aromatic carbocycles. The average Bonchev–Trinajstić information content (AvgIpc) is 3.38. The van der Waals surface area contributed by atoms with Gasteiger partial charge in [0, 0.05) is 17.1 Å². The van der Waals surface area contributed by atoms with Gasteiger partial charge in [-0.15, -0.1) is 11.3 Å². The van der Waals surface area contributed by atoms with Crippen molar-refractivity contribution in [2.24, 2.45) is 0 Å². The summed E-state index contributed by atoms with van der Waals surface area (Å²) in [5.74, 6) is 0.722. The largest absolute Gasteiger partial charge is 0.494 e. The average molecular weight is 407 g/mol. The smallest absolute Gasteiger partial charge is 0.252 e. The summed E-state index contributed by atoms with van der Waals surface area (Å²) in [5.41, 5.74) is 2.13.